The van der Waals surface area contributed by atoms with Gasteiger partial charge >= 0.3 is 0 Å². The molecule has 104 valence electrons. The second kappa shape index (κ2) is 6.63. The van der Waals surface area contributed by atoms with Crippen LogP contribution in [0.1, 0.15) is 15.9 Å². The number of nitrogens with one attached hydrogen (secondary N) is 1. The van der Waals surface area contributed by atoms with Gasteiger partial charge in [-0.3, -0.25) is 14.7 Å². The number of likely N-dealkylation sites (N-methyl/N-ethyl adjacent to an activating group) is 1. The number of aromatic nitrogens is 1. The summed E-state index contributed by atoms with van der Waals surface area (Å²) in [6.45, 7) is 7.85. The zero-order valence-corrected chi connectivity index (χ0v) is 11.7. The second-order valence-corrected chi connectivity index (χ2v) is 5.07. The van der Waals surface area contributed by atoms with Crippen LogP contribution in [0.2, 0.25) is 0 Å². The Morgan fingerprint density at radius 2 is 2.16 bits per heavy atom. The summed E-state index contributed by atoms with van der Waals surface area (Å²) in [5, 5.41) is 3.33. The van der Waals surface area contributed by atoms with E-state index in [9.17, 15) is 4.79 Å². The van der Waals surface area contributed by atoms with E-state index in [2.05, 4.69) is 15.2 Å². The molecule has 0 bridgehead atoms. The number of hydrogen-bond donors (Lipinski definition) is 1. The molecule has 1 N–H and O–H groups in total. The van der Waals surface area contributed by atoms with Gasteiger partial charge in [-0.1, -0.05) is 0 Å². The van der Waals surface area contributed by atoms with E-state index >= 15 is 0 Å². The van der Waals surface area contributed by atoms with Crippen molar-refractivity contribution in [1.82, 2.24) is 20.1 Å². The number of carbonyl (C=O) groups excluding carboxylic acids is 1. The molecule has 0 unspecified atom stereocenters. The molecular formula is C14H22N4O. The van der Waals surface area contributed by atoms with Gasteiger partial charge in [-0.2, -0.15) is 0 Å². The molecular weight excluding hydrogens is 240 g/mol. The lowest BCUT2D eigenvalue weighted by atomic mass is 10.2. The number of pyridine rings is 1. The standard InChI is InChI=1S/C14H22N4O/c1-12-9-13(11-16-10-12)14(19)17(2)7-8-18-5-3-15-4-6-18/h9-11,15H,3-8H2,1-2H3. The van der Waals surface area contributed by atoms with E-state index in [1.165, 1.54) is 0 Å². The van der Waals surface area contributed by atoms with Crippen LogP contribution in [-0.4, -0.2) is 67.0 Å². The molecule has 0 spiro atoms. The Morgan fingerprint density at radius 3 is 2.84 bits per heavy atom. The Labute approximate surface area is 114 Å². The molecule has 0 aliphatic carbocycles. The molecule has 5 nitrogen and oxygen atoms in total. The van der Waals surface area contributed by atoms with Gasteiger partial charge in [0.2, 0.25) is 0 Å². The summed E-state index contributed by atoms with van der Waals surface area (Å²) in [5.41, 5.74) is 1.68. The predicted molar refractivity (Wildman–Crippen MR) is 75.2 cm³/mol. The molecule has 1 aromatic rings. The van der Waals surface area contributed by atoms with Crippen molar-refractivity contribution in [3.63, 3.8) is 0 Å². The molecule has 5 heteroatoms. The van der Waals surface area contributed by atoms with E-state index < -0.39 is 0 Å². The van der Waals surface area contributed by atoms with Gasteiger partial charge in [0.05, 0.1) is 5.56 Å². The van der Waals surface area contributed by atoms with Crippen LogP contribution >= 0.6 is 0 Å². The highest BCUT2D eigenvalue weighted by atomic mass is 16.2. The fourth-order valence-corrected chi connectivity index (χ4v) is 2.22. The molecule has 1 aromatic heterocycles. The van der Waals surface area contributed by atoms with Gasteiger partial charge in [-0.25, -0.2) is 0 Å². The third kappa shape index (κ3) is 4.01. The quantitative estimate of drug-likeness (QED) is 0.851. The van der Waals surface area contributed by atoms with Crippen LogP contribution in [0.25, 0.3) is 0 Å². The first kappa shape index (κ1) is 14.0. The van der Waals surface area contributed by atoms with Crippen molar-refractivity contribution in [1.29, 1.82) is 0 Å². The lowest BCUT2D eigenvalue weighted by Crippen LogP contribution is -2.46. The third-order valence-electron chi connectivity index (χ3n) is 3.43. The highest BCUT2D eigenvalue weighted by Gasteiger charge is 2.14. The zero-order valence-electron chi connectivity index (χ0n) is 11.7. The van der Waals surface area contributed by atoms with E-state index in [1.807, 2.05) is 20.0 Å². The maximum absolute atomic E-state index is 12.2. The van der Waals surface area contributed by atoms with Gasteiger partial charge in [0.15, 0.2) is 0 Å². The molecule has 2 heterocycles. The molecule has 2 rings (SSSR count). The first-order chi connectivity index (χ1) is 9.16. The van der Waals surface area contributed by atoms with Crippen molar-refractivity contribution in [3.05, 3.63) is 29.6 Å². The largest absolute Gasteiger partial charge is 0.340 e. The Bertz CT molecular complexity index is 429. The molecule has 1 aliphatic heterocycles. The van der Waals surface area contributed by atoms with Crippen molar-refractivity contribution in [3.8, 4) is 0 Å². The van der Waals surface area contributed by atoms with Crippen LogP contribution < -0.4 is 5.32 Å². The number of hydrogen-bond acceptors (Lipinski definition) is 4. The minimum Gasteiger partial charge on any atom is -0.340 e. The van der Waals surface area contributed by atoms with Gasteiger partial charge in [-0.15, -0.1) is 0 Å². The molecule has 1 aliphatic rings. The van der Waals surface area contributed by atoms with Gasteiger partial charge in [-0.05, 0) is 18.6 Å². The highest BCUT2D eigenvalue weighted by Crippen LogP contribution is 2.05. The molecule has 1 fully saturated rings. The number of rotatable bonds is 4. The highest BCUT2D eigenvalue weighted by molar-refractivity contribution is 5.93. The van der Waals surface area contributed by atoms with Gasteiger partial charge in [0.1, 0.15) is 0 Å². The molecule has 19 heavy (non-hydrogen) atoms. The van der Waals surface area contributed by atoms with Gasteiger partial charge in [0.25, 0.3) is 5.91 Å². The van der Waals surface area contributed by atoms with Crippen LogP contribution in [-0.2, 0) is 0 Å². The van der Waals surface area contributed by atoms with Crippen LogP contribution in [0.5, 0.6) is 0 Å². The minimum atomic E-state index is 0.0475. The van der Waals surface area contributed by atoms with Crippen LogP contribution in [0.3, 0.4) is 0 Å². The van der Waals surface area contributed by atoms with Crippen molar-refractivity contribution < 1.29 is 4.79 Å². The number of amides is 1. The lowest BCUT2D eigenvalue weighted by molar-refractivity contribution is 0.0774. The summed E-state index contributed by atoms with van der Waals surface area (Å²) >= 11 is 0. The summed E-state index contributed by atoms with van der Waals surface area (Å²) in [6.07, 6.45) is 3.40. The van der Waals surface area contributed by atoms with Crippen molar-refractivity contribution in [2.45, 2.75) is 6.92 Å². The van der Waals surface area contributed by atoms with Crippen molar-refractivity contribution in [2.75, 3.05) is 46.3 Å². The van der Waals surface area contributed by atoms with E-state index in [0.717, 1.165) is 44.8 Å². The summed E-state index contributed by atoms with van der Waals surface area (Å²) in [5.74, 6) is 0.0475. The number of nitrogens with zero attached hydrogens (tertiary/aromatic N) is 3. The molecule has 0 radical (unpaired) electrons. The maximum atomic E-state index is 12.2. The summed E-state index contributed by atoms with van der Waals surface area (Å²) in [4.78, 5) is 20.5. The maximum Gasteiger partial charge on any atom is 0.255 e. The number of piperazine rings is 1. The predicted octanol–water partition coefficient (Wildman–Crippen LogP) is 0.367. The first-order valence-corrected chi connectivity index (χ1v) is 6.77. The Kier molecular flexibility index (Phi) is 4.87. The monoisotopic (exact) mass is 262 g/mol. The number of carbonyl (C=O) groups is 1. The van der Waals surface area contributed by atoms with E-state index in [0.29, 0.717) is 5.56 Å². The van der Waals surface area contributed by atoms with Crippen LogP contribution in [0.15, 0.2) is 18.5 Å². The van der Waals surface area contributed by atoms with Crippen molar-refractivity contribution in [2.24, 2.45) is 0 Å². The molecule has 0 atom stereocenters. The fourth-order valence-electron chi connectivity index (χ4n) is 2.22. The van der Waals surface area contributed by atoms with E-state index in [1.54, 1.807) is 17.3 Å². The summed E-state index contributed by atoms with van der Waals surface area (Å²) in [6, 6.07) is 1.89. The third-order valence-corrected chi connectivity index (χ3v) is 3.43. The summed E-state index contributed by atoms with van der Waals surface area (Å²) in [7, 11) is 1.85. The van der Waals surface area contributed by atoms with E-state index in [4.69, 9.17) is 0 Å². The Hall–Kier alpha value is -1.46. The first-order valence-electron chi connectivity index (χ1n) is 6.77. The van der Waals surface area contributed by atoms with Crippen LogP contribution in [0.4, 0.5) is 0 Å². The molecule has 0 saturated carbocycles. The average molecular weight is 262 g/mol. The van der Waals surface area contributed by atoms with Gasteiger partial charge in [0, 0.05) is 58.7 Å². The van der Waals surface area contributed by atoms with E-state index in [-0.39, 0.29) is 5.91 Å². The second-order valence-electron chi connectivity index (χ2n) is 5.07. The normalized spacial score (nSPS) is 16.3. The minimum absolute atomic E-state index is 0.0475. The van der Waals surface area contributed by atoms with Crippen molar-refractivity contribution >= 4 is 5.91 Å². The smallest absolute Gasteiger partial charge is 0.255 e. The zero-order chi connectivity index (χ0) is 13.7. The number of aryl methyl sites for hydroxylation is 1. The Balaban J connectivity index is 1.85. The Morgan fingerprint density at radius 1 is 1.42 bits per heavy atom. The fraction of sp³-hybridized carbons (Fsp3) is 0.571. The van der Waals surface area contributed by atoms with Gasteiger partial charge < -0.3 is 10.2 Å². The lowest BCUT2D eigenvalue weighted by Gasteiger charge is -2.29. The van der Waals surface area contributed by atoms with Crippen LogP contribution in [0, 0.1) is 6.92 Å². The molecule has 1 amide bonds. The SMILES string of the molecule is Cc1cncc(C(=O)N(C)CCN2CCNCC2)c1. The summed E-state index contributed by atoms with van der Waals surface area (Å²) < 4.78 is 0. The average Bonchev–Trinajstić information content (AvgIpc) is 2.45. The topological polar surface area (TPSA) is 48.5 Å². The molecule has 1 saturated heterocycles. The molecule has 0 aromatic carbocycles.